The fourth-order valence-electron chi connectivity index (χ4n) is 6.10. The molecule has 0 fully saturated rings. The lowest BCUT2D eigenvalue weighted by atomic mass is 10.0. The molecule has 2 nitrogen and oxygen atoms in total. The molecule has 0 radical (unpaired) electrons. The van der Waals surface area contributed by atoms with E-state index in [1.165, 1.54) is 193 Å². The van der Waals surface area contributed by atoms with Crippen molar-refractivity contribution in [3.05, 3.63) is 0 Å². The molecule has 0 saturated carbocycles. The Hall–Kier alpha value is 0.190. The molecule has 0 heterocycles. The molecule has 0 aromatic heterocycles. The van der Waals surface area contributed by atoms with E-state index in [4.69, 9.17) is 4.52 Å². The van der Waals surface area contributed by atoms with Gasteiger partial charge in [0.25, 0.3) is 0 Å². The second-order valence-corrected chi connectivity index (χ2v) is 15.9. The minimum atomic E-state index is -2.38. The van der Waals surface area contributed by atoms with Gasteiger partial charge in [-0.3, -0.25) is 4.57 Å². The lowest BCUT2D eigenvalue weighted by molar-refractivity contribution is 0.389. The zero-order valence-corrected chi connectivity index (χ0v) is 29.2. The second-order valence-electron chi connectivity index (χ2n) is 13.1. The summed E-state index contributed by atoms with van der Waals surface area (Å²) >= 11 is 0. The van der Waals surface area contributed by atoms with Crippen LogP contribution in [-0.4, -0.2) is 19.4 Å². The van der Waals surface area contributed by atoms with Crippen molar-refractivity contribution in [3.63, 3.8) is 0 Å². The summed E-state index contributed by atoms with van der Waals surface area (Å²) in [6.07, 6.45) is 45.8. The molecule has 0 saturated heterocycles. The van der Waals surface area contributed by atoms with Crippen molar-refractivity contribution >= 4 is 7.37 Å². The highest BCUT2D eigenvalue weighted by Crippen LogP contribution is 2.47. The van der Waals surface area contributed by atoms with Crippen LogP contribution in [0.1, 0.15) is 219 Å². The second kappa shape index (κ2) is 33.7. The molecule has 0 rings (SSSR count). The van der Waals surface area contributed by atoms with Crippen molar-refractivity contribution in [2.45, 2.75) is 219 Å². The minimum absolute atomic E-state index is 0.806. The Labute approximate surface area is 254 Å². The van der Waals surface area contributed by atoms with E-state index in [2.05, 4.69) is 13.8 Å². The zero-order valence-electron chi connectivity index (χ0n) is 28.3. The van der Waals surface area contributed by atoms with Gasteiger partial charge in [0.15, 0.2) is 0 Å². The highest BCUT2D eigenvalue weighted by molar-refractivity contribution is 7.58. The Morgan fingerprint density at radius 3 is 0.675 bits per heavy atom. The topological polar surface area (TPSA) is 26.3 Å². The van der Waals surface area contributed by atoms with Gasteiger partial charge in [-0.25, -0.2) is 0 Å². The highest BCUT2D eigenvalue weighted by atomic mass is 31.2. The molecule has 40 heavy (non-hydrogen) atoms. The predicted octanol–water partition coefficient (Wildman–Crippen LogP) is 14.4. The maximum Gasteiger partial charge on any atom is 0.202 e. The smallest absolute Gasteiger partial charge is 0.202 e. The standard InChI is InChI=1S/C37H77O2P/c1-4-6-8-10-12-14-16-18-20-22-24-26-28-30-32-34-36-40(38,39-3)37-35-33-31-29-27-25-23-21-19-17-15-13-11-9-7-5-2/h4-37H2,1-3H3. The van der Waals surface area contributed by atoms with Gasteiger partial charge in [0.2, 0.25) is 7.37 Å². The molecule has 0 aliphatic heterocycles. The Bertz CT molecular complexity index is 466. The Kier molecular flexibility index (Phi) is 33.8. The van der Waals surface area contributed by atoms with Gasteiger partial charge in [-0.15, -0.1) is 0 Å². The maximum absolute atomic E-state index is 13.1. The van der Waals surface area contributed by atoms with Crippen LogP contribution in [0.2, 0.25) is 0 Å². The van der Waals surface area contributed by atoms with E-state index in [0.717, 1.165) is 25.2 Å². The monoisotopic (exact) mass is 585 g/mol. The van der Waals surface area contributed by atoms with Crippen molar-refractivity contribution < 1.29 is 9.09 Å². The van der Waals surface area contributed by atoms with E-state index in [1.807, 2.05) is 0 Å². The van der Waals surface area contributed by atoms with Crippen molar-refractivity contribution in [2.75, 3.05) is 19.4 Å². The average molecular weight is 585 g/mol. The van der Waals surface area contributed by atoms with Crippen LogP contribution in [0, 0.1) is 0 Å². The summed E-state index contributed by atoms with van der Waals surface area (Å²) in [4.78, 5) is 0. The number of hydrogen-bond acceptors (Lipinski definition) is 2. The fraction of sp³-hybridized carbons (Fsp3) is 1.00. The summed E-state index contributed by atoms with van der Waals surface area (Å²) in [5.74, 6) is 0. The zero-order chi connectivity index (χ0) is 29.2. The van der Waals surface area contributed by atoms with Crippen molar-refractivity contribution in [1.82, 2.24) is 0 Å². The fourth-order valence-corrected chi connectivity index (χ4v) is 8.10. The molecule has 0 aliphatic rings. The molecule has 242 valence electrons. The summed E-state index contributed by atoms with van der Waals surface area (Å²) in [6.45, 7) is 4.59. The van der Waals surface area contributed by atoms with Crippen LogP contribution in [0.15, 0.2) is 0 Å². The SMILES string of the molecule is CCCCCCCCCCCCCCCCCCP(=O)(CCCCCCCCCCCCCCCCCC)OC. The molecule has 0 amide bonds. The van der Waals surface area contributed by atoms with Crippen LogP contribution in [0.3, 0.4) is 0 Å². The van der Waals surface area contributed by atoms with Gasteiger partial charge in [0, 0.05) is 19.4 Å². The van der Waals surface area contributed by atoms with Gasteiger partial charge in [0.1, 0.15) is 0 Å². The van der Waals surface area contributed by atoms with Crippen molar-refractivity contribution in [3.8, 4) is 0 Å². The van der Waals surface area contributed by atoms with Gasteiger partial charge < -0.3 is 4.52 Å². The third-order valence-electron chi connectivity index (χ3n) is 9.04. The Balaban J connectivity index is 3.39. The predicted molar refractivity (Wildman–Crippen MR) is 183 cm³/mol. The number of hydrogen-bond donors (Lipinski definition) is 0. The number of unbranched alkanes of at least 4 members (excludes halogenated alkanes) is 30. The lowest BCUT2D eigenvalue weighted by Crippen LogP contribution is -1.99. The molecule has 3 heteroatoms. The Morgan fingerprint density at radius 1 is 0.325 bits per heavy atom. The van der Waals surface area contributed by atoms with E-state index >= 15 is 0 Å². The molecule has 0 atom stereocenters. The quantitative estimate of drug-likeness (QED) is 0.0547. The van der Waals surface area contributed by atoms with Gasteiger partial charge >= 0.3 is 0 Å². The van der Waals surface area contributed by atoms with Crippen LogP contribution in [0.25, 0.3) is 0 Å². The summed E-state index contributed by atoms with van der Waals surface area (Å²) in [5, 5.41) is 0. The molecule has 0 bridgehead atoms. The lowest BCUT2D eigenvalue weighted by Gasteiger charge is -2.16. The van der Waals surface area contributed by atoms with Crippen LogP contribution >= 0.6 is 7.37 Å². The summed E-state index contributed by atoms with van der Waals surface area (Å²) in [5.41, 5.74) is 0. The molecular weight excluding hydrogens is 507 g/mol. The van der Waals surface area contributed by atoms with Crippen molar-refractivity contribution in [2.24, 2.45) is 0 Å². The van der Waals surface area contributed by atoms with Gasteiger partial charge in [-0.1, -0.05) is 206 Å². The van der Waals surface area contributed by atoms with E-state index in [0.29, 0.717) is 0 Å². The first-order valence-electron chi connectivity index (χ1n) is 18.8. The first-order valence-corrected chi connectivity index (χ1v) is 20.8. The van der Waals surface area contributed by atoms with Crippen molar-refractivity contribution in [1.29, 1.82) is 0 Å². The largest absolute Gasteiger partial charge is 0.332 e. The summed E-state index contributed by atoms with van der Waals surface area (Å²) < 4.78 is 18.6. The summed E-state index contributed by atoms with van der Waals surface area (Å²) in [7, 11) is -0.696. The molecule has 0 unspecified atom stereocenters. The first kappa shape index (κ1) is 40.2. The normalized spacial score (nSPS) is 12.0. The summed E-state index contributed by atoms with van der Waals surface area (Å²) in [6, 6.07) is 0. The van der Waals surface area contributed by atoms with Crippen LogP contribution in [0.5, 0.6) is 0 Å². The third-order valence-corrected chi connectivity index (χ3v) is 11.7. The van der Waals surface area contributed by atoms with Crippen LogP contribution in [-0.2, 0) is 9.09 Å². The van der Waals surface area contributed by atoms with Crippen LogP contribution < -0.4 is 0 Å². The molecule has 0 aliphatic carbocycles. The molecule has 0 N–H and O–H groups in total. The average Bonchev–Trinajstić information content (AvgIpc) is 2.96. The van der Waals surface area contributed by atoms with E-state index < -0.39 is 7.37 Å². The number of rotatable bonds is 35. The third kappa shape index (κ3) is 31.1. The molecule has 0 spiro atoms. The minimum Gasteiger partial charge on any atom is -0.332 e. The van der Waals surface area contributed by atoms with Crippen LogP contribution in [0.4, 0.5) is 0 Å². The maximum atomic E-state index is 13.1. The molecular formula is C37H77O2P. The molecule has 0 aromatic rings. The molecule has 0 aromatic carbocycles. The van der Waals surface area contributed by atoms with E-state index in [1.54, 1.807) is 7.11 Å². The van der Waals surface area contributed by atoms with E-state index in [9.17, 15) is 4.57 Å². The first-order chi connectivity index (χ1) is 19.7. The van der Waals surface area contributed by atoms with Gasteiger partial charge in [-0.05, 0) is 12.8 Å². The Morgan fingerprint density at radius 2 is 0.500 bits per heavy atom. The van der Waals surface area contributed by atoms with E-state index in [-0.39, 0.29) is 0 Å². The van der Waals surface area contributed by atoms with Gasteiger partial charge in [0.05, 0.1) is 0 Å². The van der Waals surface area contributed by atoms with Gasteiger partial charge in [-0.2, -0.15) is 0 Å². The highest BCUT2D eigenvalue weighted by Gasteiger charge is 2.20.